The molecule has 1 saturated heterocycles. The van der Waals surface area contributed by atoms with Crippen LogP contribution in [0.4, 0.5) is 5.69 Å². The Bertz CT molecular complexity index is 593. The summed E-state index contributed by atoms with van der Waals surface area (Å²) in [5, 5.41) is 10.7. The van der Waals surface area contributed by atoms with Crippen LogP contribution in [0.2, 0.25) is 0 Å². The lowest BCUT2D eigenvalue weighted by molar-refractivity contribution is -0.120. The lowest BCUT2D eigenvalue weighted by atomic mass is 10.1. The Morgan fingerprint density at radius 1 is 1.33 bits per heavy atom. The molecule has 1 aromatic heterocycles. The molecule has 1 aromatic carbocycles. The fraction of sp³-hybridized carbons (Fsp3) is 0.375. The first-order valence-electron chi connectivity index (χ1n) is 7.39. The van der Waals surface area contributed by atoms with Gasteiger partial charge in [-0.3, -0.25) is 9.48 Å². The van der Waals surface area contributed by atoms with Crippen LogP contribution in [-0.4, -0.2) is 28.3 Å². The maximum atomic E-state index is 11.6. The number of benzene rings is 1. The standard InChI is InChI=1S/C16H20N4O/c21-16-9-14(7-4-8-17-16)19-15-10-18-20(12-15)11-13-5-2-1-3-6-13/h1-3,5-6,10,12,14,19H,4,7-9,11H2,(H,17,21). The molecule has 0 aliphatic carbocycles. The molecule has 1 unspecified atom stereocenters. The van der Waals surface area contributed by atoms with Gasteiger partial charge in [0.25, 0.3) is 0 Å². The summed E-state index contributed by atoms with van der Waals surface area (Å²) in [6.07, 6.45) is 6.37. The quantitative estimate of drug-likeness (QED) is 0.903. The number of aromatic nitrogens is 2. The Balaban J connectivity index is 1.61. The van der Waals surface area contributed by atoms with Crippen LogP contribution in [0.1, 0.15) is 24.8 Å². The second-order valence-electron chi connectivity index (χ2n) is 5.45. The number of carbonyl (C=O) groups excluding carboxylic acids is 1. The summed E-state index contributed by atoms with van der Waals surface area (Å²) >= 11 is 0. The summed E-state index contributed by atoms with van der Waals surface area (Å²) in [5.41, 5.74) is 2.20. The first-order chi connectivity index (χ1) is 10.3. The topological polar surface area (TPSA) is 59.0 Å². The van der Waals surface area contributed by atoms with E-state index in [1.165, 1.54) is 5.56 Å². The summed E-state index contributed by atoms with van der Waals surface area (Å²) in [7, 11) is 0. The summed E-state index contributed by atoms with van der Waals surface area (Å²) in [4.78, 5) is 11.6. The van der Waals surface area contributed by atoms with Gasteiger partial charge in [0.2, 0.25) is 5.91 Å². The van der Waals surface area contributed by atoms with E-state index >= 15 is 0 Å². The van der Waals surface area contributed by atoms with Crippen LogP contribution >= 0.6 is 0 Å². The summed E-state index contributed by atoms with van der Waals surface area (Å²) in [6.45, 7) is 1.54. The van der Waals surface area contributed by atoms with Crippen molar-refractivity contribution < 1.29 is 4.79 Å². The van der Waals surface area contributed by atoms with Crippen LogP contribution in [0.15, 0.2) is 42.7 Å². The molecule has 1 aliphatic heterocycles. The smallest absolute Gasteiger partial charge is 0.222 e. The van der Waals surface area contributed by atoms with Gasteiger partial charge in [0.05, 0.1) is 18.4 Å². The minimum atomic E-state index is 0.127. The van der Waals surface area contributed by atoms with Crippen molar-refractivity contribution in [2.75, 3.05) is 11.9 Å². The largest absolute Gasteiger partial charge is 0.379 e. The highest BCUT2D eigenvalue weighted by atomic mass is 16.1. The molecule has 2 N–H and O–H groups in total. The zero-order chi connectivity index (χ0) is 14.5. The van der Waals surface area contributed by atoms with E-state index in [4.69, 9.17) is 0 Å². The number of nitrogens with one attached hydrogen (secondary N) is 2. The van der Waals surface area contributed by atoms with E-state index in [0.29, 0.717) is 6.42 Å². The van der Waals surface area contributed by atoms with Gasteiger partial charge in [0.15, 0.2) is 0 Å². The number of hydrogen-bond acceptors (Lipinski definition) is 3. The fourth-order valence-corrected chi connectivity index (χ4v) is 2.63. The van der Waals surface area contributed by atoms with Crippen molar-refractivity contribution >= 4 is 11.6 Å². The third-order valence-corrected chi connectivity index (χ3v) is 3.67. The zero-order valence-electron chi connectivity index (χ0n) is 12.0. The number of anilines is 1. The summed E-state index contributed by atoms with van der Waals surface area (Å²) in [6, 6.07) is 10.4. The predicted molar refractivity (Wildman–Crippen MR) is 82.0 cm³/mol. The zero-order valence-corrected chi connectivity index (χ0v) is 12.0. The van der Waals surface area contributed by atoms with Gasteiger partial charge in [-0.05, 0) is 18.4 Å². The van der Waals surface area contributed by atoms with E-state index in [9.17, 15) is 4.79 Å². The second-order valence-corrected chi connectivity index (χ2v) is 5.45. The monoisotopic (exact) mass is 284 g/mol. The molecule has 2 aromatic rings. The lowest BCUT2D eigenvalue weighted by Gasteiger charge is -2.14. The number of amides is 1. The molecule has 1 atom stereocenters. The van der Waals surface area contributed by atoms with E-state index in [1.807, 2.05) is 35.3 Å². The van der Waals surface area contributed by atoms with Crippen molar-refractivity contribution in [1.82, 2.24) is 15.1 Å². The van der Waals surface area contributed by atoms with E-state index in [-0.39, 0.29) is 11.9 Å². The maximum absolute atomic E-state index is 11.6. The third-order valence-electron chi connectivity index (χ3n) is 3.67. The van der Waals surface area contributed by atoms with Crippen LogP contribution in [0.3, 0.4) is 0 Å². The number of rotatable bonds is 4. The Hall–Kier alpha value is -2.30. The highest BCUT2D eigenvalue weighted by Crippen LogP contribution is 2.14. The average Bonchev–Trinajstić information content (AvgIpc) is 2.80. The molecule has 5 nitrogen and oxygen atoms in total. The maximum Gasteiger partial charge on any atom is 0.222 e. The molecule has 21 heavy (non-hydrogen) atoms. The molecule has 0 radical (unpaired) electrons. The Morgan fingerprint density at radius 3 is 3.05 bits per heavy atom. The van der Waals surface area contributed by atoms with Crippen molar-refractivity contribution in [3.05, 3.63) is 48.3 Å². The highest BCUT2D eigenvalue weighted by molar-refractivity contribution is 5.77. The van der Waals surface area contributed by atoms with Gasteiger partial charge in [-0.2, -0.15) is 5.10 Å². The number of nitrogens with zero attached hydrogens (tertiary/aromatic N) is 2. The average molecular weight is 284 g/mol. The second kappa shape index (κ2) is 6.43. The minimum Gasteiger partial charge on any atom is -0.379 e. The first kappa shape index (κ1) is 13.7. The van der Waals surface area contributed by atoms with E-state index < -0.39 is 0 Å². The van der Waals surface area contributed by atoms with Crippen molar-refractivity contribution in [3.8, 4) is 0 Å². The lowest BCUT2D eigenvalue weighted by Crippen LogP contribution is -2.26. The summed E-state index contributed by atoms with van der Waals surface area (Å²) in [5.74, 6) is 0.127. The van der Waals surface area contributed by atoms with Gasteiger partial charge in [-0.25, -0.2) is 0 Å². The minimum absolute atomic E-state index is 0.127. The van der Waals surface area contributed by atoms with Gasteiger partial charge in [-0.1, -0.05) is 30.3 Å². The van der Waals surface area contributed by atoms with Crippen molar-refractivity contribution in [2.24, 2.45) is 0 Å². The fourth-order valence-electron chi connectivity index (χ4n) is 2.63. The van der Waals surface area contributed by atoms with Gasteiger partial charge in [0.1, 0.15) is 0 Å². The normalized spacial score (nSPS) is 18.9. The van der Waals surface area contributed by atoms with E-state index in [1.54, 1.807) is 0 Å². The van der Waals surface area contributed by atoms with Gasteiger partial charge in [0, 0.05) is 25.2 Å². The van der Waals surface area contributed by atoms with E-state index in [2.05, 4.69) is 27.9 Å². The van der Waals surface area contributed by atoms with Crippen LogP contribution in [0, 0.1) is 0 Å². The van der Waals surface area contributed by atoms with Crippen molar-refractivity contribution in [2.45, 2.75) is 31.8 Å². The molecular formula is C16H20N4O. The Kier molecular flexibility index (Phi) is 4.19. The van der Waals surface area contributed by atoms with Gasteiger partial charge in [-0.15, -0.1) is 0 Å². The highest BCUT2D eigenvalue weighted by Gasteiger charge is 2.17. The SMILES string of the molecule is O=C1CC(Nc2cnn(Cc3ccccc3)c2)CCCN1. The predicted octanol–water partition coefficient (Wildman–Crippen LogP) is 2.01. The molecule has 0 bridgehead atoms. The molecule has 0 spiro atoms. The van der Waals surface area contributed by atoms with Crippen LogP contribution in [0.5, 0.6) is 0 Å². The molecule has 110 valence electrons. The van der Waals surface area contributed by atoms with E-state index in [0.717, 1.165) is 31.6 Å². The molecule has 1 aliphatic rings. The van der Waals surface area contributed by atoms with Crippen LogP contribution < -0.4 is 10.6 Å². The van der Waals surface area contributed by atoms with Crippen molar-refractivity contribution in [1.29, 1.82) is 0 Å². The number of hydrogen-bond donors (Lipinski definition) is 2. The van der Waals surface area contributed by atoms with Crippen LogP contribution in [-0.2, 0) is 11.3 Å². The molecule has 2 heterocycles. The molecule has 5 heteroatoms. The molecule has 1 amide bonds. The Labute approximate surface area is 124 Å². The van der Waals surface area contributed by atoms with Crippen molar-refractivity contribution in [3.63, 3.8) is 0 Å². The van der Waals surface area contributed by atoms with Gasteiger partial charge >= 0.3 is 0 Å². The third kappa shape index (κ3) is 3.84. The van der Waals surface area contributed by atoms with Gasteiger partial charge < -0.3 is 10.6 Å². The molecule has 1 fully saturated rings. The first-order valence-corrected chi connectivity index (χ1v) is 7.39. The molecular weight excluding hydrogens is 264 g/mol. The summed E-state index contributed by atoms with van der Waals surface area (Å²) < 4.78 is 1.91. The molecule has 3 rings (SSSR count). The van der Waals surface area contributed by atoms with Crippen LogP contribution in [0.25, 0.3) is 0 Å². The molecule has 0 saturated carbocycles. The number of carbonyl (C=O) groups is 1. The Morgan fingerprint density at radius 2 is 2.19 bits per heavy atom.